The van der Waals surface area contributed by atoms with Gasteiger partial charge in [0, 0.05) is 17.8 Å². The minimum absolute atomic E-state index is 0.0817. The molecule has 26 heavy (non-hydrogen) atoms. The van der Waals surface area contributed by atoms with Crippen LogP contribution < -0.4 is 11.1 Å². The summed E-state index contributed by atoms with van der Waals surface area (Å²) < 4.78 is 5.04. The molecule has 0 heterocycles. The van der Waals surface area contributed by atoms with Gasteiger partial charge in [0.2, 0.25) is 0 Å². The van der Waals surface area contributed by atoms with Crippen molar-refractivity contribution in [3.05, 3.63) is 63.7 Å². The average Bonchev–Trinajstić information content (AvgIpc) is 2.61. The third-order valence-corrected chi connectivity index (χ3v) is 3.38. The molecule has 0 aliphatic heterocycles. The molecule has 0 aromatic heterocycles. The smallest absolute Gasteiger partial charge is 0.341 e. The molecule has 132 valence electrons. The van der Waals surface area contributed by atoms with E-state index in [4.69, 9.17) is 15.7 Å². The van der Waals surface area contributed by atoms with Crippen LogP contribution in [0.3, 0.4) is 0 Å². The lowest BCUT2D eigenvalue weighted by Crippen LogP contribution is -2.30. The molecule has 2 aromatic carbocycles. The van der Waals surface area contributed by atoms with Gasteiger partial charge in [-0.2, -0.15) is 5.26 Å². The van der Waals surface area contributed by atoms with E-state index in [1.807, 2.05) is 6.07 Å². The van der Waals surface area contributed by atoms with Crippen molar-refractivity contribution in [1.29, 1.82) is 5.26 Å². The molecule has 2 rings (SSSR count). The molecule has 9 heteroatoms. The molecule has 0 saturated heterocycles. The number of anilines is 2. The second kappa shape index (κ2) is 7.76. The average molecular weight is 354 g/mol. The molecule has 1 atom stereocenters. The number of carbonyl (C=O) groups excluding carboxylic acids is 2. The summed E-state index contributed by atoms with van der Waals surface area (Å²) in [6.07, 6.45) is -1.15. The summed E-state index contributed by atoms with van der Waals surface area (Å²) in [4.78, 5) is 34.3. The van der Waals surface area contributed by atoms with Crippen molar-refractivity contribution in [2.45, 2.75) is 13.0 Å². The molecule has 0 spiro atoms. The maximum absolute atomic E-state index is 12.1. The number of carbonyl (C=O) groups is 2. The minimum Gasteiger partial charge on any atom is -0.449 e. The van der Waals surface area contributed by atoms with Crippen LogP contribution in [-0.4, -0.2) is 22.9 Å². The highest BCUT2D eigenvalue weighted by Gasteiger charge is 2.21. The van der Waals surface area contributed by atoms with E-state index < -0.39 is 22.9 Å². The lowest BCUT2D eigenvalue weighted by Gasteiger charge is -2.14. The maximum atomic E-state index is 12.1. The summed E-state index contributed by atoms with van der Waals surface area (Å²) >= 11 is 0. The van der Waals surface area contributed by atoms with Crippen LogP contribution >= 0.6 is 0 Å². The molecule has 9 nitrogen and oxygen atoms in total. The number of esters is 1. The topological polar surface area (TPSA) is 148 Å². The Morgan fingerprint density at radius 3 is 2.65 bits per heavy atom. The van der Waals surface area contributed by atoms with Crippen molar-refractivity contribution >= 4 is 28.9 Å². The zero-order valence-electron chi connectivity index (χ0n) is 13.6. The maximum Gasteiger partial charge on any atom is 0.341 e. The Balaban J connectivity index is 2.05. The summed E-state index contributed by atoms with van der Waals surface area (Å²) in [5.74, 6) is -1.49. The molecule has 0 aliphatic rings. The van der Waals surface area contributed by atoms with Crippen LogP contribution in [0.2, 0.25) is 0 Å². The van der Waals surface area contributed by atoms with E-state index >= 15 is 0 Å². The summed E-state index contributed by atoms with van der Waals surface area (Å²) in [6, 6.07) is 11.5. The van der Waals surface area contributed by atoms with E-state index in [0.717, 1.165) is 18.2 Å². The summed E-state index contributed by atoms with van der Waals surface area (Å²) in [6.45, 7) is 1.36. The minimum atomic E-state index is -1.15. The van der Waals surface area contributed by atoms with Gasteiger partial charge < -0.3 is 15.8 Å². The standard InChI is InChI=1S/C17H14N4O5/c1-10(16(22)20-12-4-2-3-11(7-12)9-18)26-17(23)14-6-5-13(21(24)25)8-15(14)19/h2-8,10H,19H2,1H3,(H,20,22). The van der Waals surface area contributed by atoms with E-state index in [-0.39, 0.29) is 16.9 Å². The number of rotatable bonds is 5. The predicted octanol–water partition coefficient (Wildman–Crippen LogP) is 2.23. The largest absolute Gasteiger partial charge is 0.449 e. The fraction of sp³-hybridized carbons (Fsp3) is 0.118. The Kier molecular flexibility index (Phi) is 5.49. The number of nitriles is 1. The Morgan fingerprint density at radius 2 is 2.04 bits per heavy atom. The molecule has 0 saturated carbocycles. The first kappa shape index (κ1) is 18.4. The van der Waals surface area contributed by atoms with Crippen LogP contribution in [0.25, 0.3) is 0 Å². The summed E-state index contributed by atoms with van der Waals surface area (Å²) in [5, 5.41) is 22.0. The number of ether oxygens (including phenoxy) is 1. The number of hydrogen-bond donors (Lipinski definition) is 2. The van der Waals surface area contributed by atoms with Gasteiger partial charge in [-0.05, 0) is 31.2 Å². The second-order valence-electron chi connectivity index (χ2n) is 5.26. The third-order valence-electron chi connectivity index (χ3n) is 3.38. The first-order valence-electron chi connectivity index (χ1n) is 7.37. The van der Waals surface area contributed by atoms with Crippen molar-refractivity contribution in [2.24, 2.45) is 0 Å². The number of nitrogens with two attached hydrogens (primary N) is 1. The molecule has 0 bridgehead atoms. The van der Waals surface area contributed by atoms with Crippen molar-refractivity contribution < 1.29 is 19.2 Å². The second-order valence-corrected chi connectivity index (χ2v) is 5.26. The fourth-order valence-electron chi connectivity index (χ4n) is 2.04. The van der Waals surface area contributed by atoms with E-state index in [1.54, 1.807) is 18.2 Å². The van der Waals surface area contributed by atoms with Crippen LogP contribution in [0, 0.1) is 21.4 Å². The number of nitrogens with one attached hydrogen (secondary N) is 1. The zero-order valence-corrected chi connectivity index (χ0v) is 13.6. The number of hydrogen-bond acceptors (Lipinski definition) is 7. The number of nitrogens with zero attached hydrogens (tertiary/aromatic N) is 2. The molecule has 0 fully saturated rings. The van der Waals surface area contributed by atoms with E-state index in [2.05, 4.69) is 5.32 Å². The first-order valence-corrected chi connectivity index (χ1v) is 7.37. The number of non-ortho nitro benzene ring substituents is 1. The highest BCUT2D eigenvalue weighted by molar-refractivity contribution is 5.99. The van der Waals surface area contributed by atoms with Gasteiger partial charge in [-0.3, -0.25) is 14.9 Å². The van der Waals surface area contributed by atoms with Gasteiger partial charge in [0.25, 0.3) is 11.6 Å². The lowest BCUT2D eigenvalue weighted by atomic mass is 10.1. The number of nitro benzene ring substituents is 1. The van der Waals surface area contributed by atoms with Gasteiger partial charge in [0.15, 0.2) is 6.10 Å². The first-order chi connectivity index (χ1) is 12.3. The number of amides is 1. The Morgan fingerprint density at radius 1 is 1.31 bits per heavy atom. The van der Waals surface area contributed by atoms with Crippen molar-refractivity contribution in [1.82, 2.24) is 0 Å². The van der Waals surface area contributed by atoms with Crippen LogP contribution in [0.15, 0.2) is 42.5 Å². The predicted molar refractivity (Wildman–Crippen MR) is 92.2 cm³/mol. The van der Waals surface area contributed by atoms with Gasteiger partial charge >= 0.3 is 5.97 Å². The van der Waals surface area contributed by atoms with Crippen LogP contribution in [0.4, 0.5) is 17.1 Å². The van der Waals surface area contributed by atoms with Crippen LogP contribution in [0.5, 0.6) is 0 Å². The van der Waals surface area contributed by atoms with Gasteiger partial charge in [0.1, 0.15) is 0 Å². The van der Waals surface area contributed by atoms with Crippen LogP contribution in [0.1, 0.15) is 22.8 Å². The van der Waals surface area contributed by atoms with Gasteiger partial charge in [-0.15, -0.1) is 0 Å². The molecule has 2 aromatic rings. The van der Waals surface area contributed by atoms with E-state index in [1.165, 1.54) is 13.0 Å². The van der Waals surface area contributed by atoms with E-state index in [9.17, 15) is 19.7 Å². The highest BCUT2D eigenvalue weighted by atomic mass is 16.6. The highest BCUT2D eigenvalue weighted by Crippen LogP contribution is 2.21. The van der Waals surface area contributed by atoms with Crippen LogP contribution in [-0.2, 0) is 9.53 Å². The lowest BCUT2D eigenvalue weighted by molar-refractivity contribution is -0.384. The SMILES string of the molecule is CC(OC(=O)c1ccc([N+](=O)[O-])cc1N)C(=O)Nc1cccc(C#N)c1. The third kappa shape index (κ3) is 4.33. The molecule has 1 unspecified atom stereocenters. The fourth-order valence-corrected chi connectivity index (χ4v) is 2.04. The molecular formula is C17H14N4O5. The van der Waals surface area contributed by atoms with Gasteiger partial charge in [-0.25, -0.2) is 4.79 Å². The molecule has 1 amide bonds. The number of nitro groups is 1. The van der Waals surface area contributed by atoms with Crippen molar-refractivity contribution in [3.63, 3.8) is 0 Å². The van der Waals surface area contributed by atoms with Crippen molar-refractivity contribution in [2.75, 3.05) is 11.1 Å². The van der Waals surface area contributed by atoms with Gasteiger partial charge in [0.05, 0.1) is 27.8 Å². The normalized spacial score (nSPS) is 11.1. The zero-order chi connectivity index (χ0) is 19.3. The van der Waals surface area contributed by atoms with E-state index in [0.29, 0.717) is 11.3 Å². The van der Waals surface area contributed by atoms with Crippen molar-refractivity contribution in [3.8, 4) is 6.07 Å². The Hall–Kier alpha value is -3.93. The molecular weight excluding hydrogens is 340 g/mol. The Labute approximate surface area is 148 Å². The quantitative estimate of drug-likeness (QED) is 0.362. The van der Waals surface area contributed by atoms with Gasteiger partial charge in [-0.1, -0.05) is 6.07 Å². The molecule has 0 radical (unpaired) electrons. The monoisotopic (exact) mass is 354 g/mol. The summed E-state index contributed by atoms with van der Waals surface area (Å²) in [7, 11) is 0. The number of nitrogen functional groups attached to an aromatic ring is 1. The Bertz CT molecular complexity index is 920. The summed E-state index contributed by atoms with van der Waals surface area (Å²) in [5.41, 5.74) is 5.91. The molecule has 3 N–H and O–H groups in total. The molecule has 0 aliphatic carbocycles. The number of benzene rings is 2.